The summed E-state index contributed by atoms with van der Waals surface area (Å²) >= 11 is 0. The minimum absolute atomic E-state index is 0.296. The molecule has 14 heavy (non-hydrogen) atoms. The molecular weight excluding hydrogens is 172 g/mol. The Morgan fingerprint density at radius 3 is 2.36 bits per heavy atom. The van der Waals surface area contributed by atoms with Crippen LogP contribution in [0.5, 0.6) is 0 Å². The molecule has 0 aliphatic carbocycles. The molecule has 1 aromatic rings. The van der Waals surface area contributed by atoms with Gasteiger partial charge in [0.05, 0.1) is 0 Å². The molecule has 0 heterocycles. The molecule has 2 unspecified atom stereocenters. The first-order chi connectivity index (χ1) is 6.77. The van der Waals surface area contributed by atoms with Crippen molar-refractivity contribution in [2.75, 3.05) is 6.61 Å². The van der Waals surface area contributed by atoms with Crippen LogP contribution in [0.15, 0.2) is 30.3 Å². The van der Waals surface area contributed by atoms with Crippen LogP contribution >= 0.6 is 0 Å². The van der Waals surface area contributed by atoms with Gasteiger partial charge in [-0.15, -0.1) is 0 Å². The number of aliphatic hydroxyl groups excluding tert-OH is 1. The molecule has 0 amide bonds. The van der Waals surface area contributed by atoms with Gasteiger partial charge >= 0.3 is 0 Å². The number of rotatable bonds is 5. The van der Waals surface area contributed by atoms with Crippen molar-refractivity contribution in [2.45, 2.75) is 26.7 Å². The summed E-state index contributed by atoms with van der Waals surface area (Å²) in [5, 5.41) is 9.29. The van der Waals surface area contributed by atoms with Crippen LogP contribution in [0.4, 0.5) is 0 Å². The van der Waals surface area contributed by atoms with E-state index in [0.717, 1.165) is 12.8 Å². The first-order valence-corrected chi connectivity index (χ1v) is 5.42. The molecule has 1 heteroatoms. The number of hydrogen-bond donors (Lipinski definition) is 1. The SMILES string of the molecule is CCC(C)C(CO)Cc1ccccc1. The predicted molar refractivity (Wildman–Crippen MR) is 60.2 cm³/mol. The molecule has 0 radical (unpaired) electrons. The highest BCUT2D eigenvalue weighted by Crippen LogP contribution is 2.19. The van der Waals surface area contributed by atoms with Crippen LogP contribution in [0.25, 0.3) is 0 Å². The molecule has 0 fully saturated rings. The zero-order valence-corrected chi connectivity index (χ0v) is 9.11. The molecule has 78 valence electrons. The van der Waals surface area contributed by atoms with Gasteiger partial charge in [0, 0.05) is 6.61 Å². The number of hydrogen-bond acceptors (Lipinski definition) is 1. The van der Waals surface area contributed by atoms with Crippen molar-refractivity contribution in [3.05, 3.63) is 35.9 Å². The van der Waals surface area contributed by atoms with E-state index in [1.807, 2.05) is 6.07 Å². The van der Waals surface area contributed by atoms with Crippen LogP contribution in [-0.2, 0) is 6.42 Å². The lowest BCUT2D eigenvalue weighted by atomic mass is 9.87. The van der Waals surface area contributed by atoms with E-state index in [4.69, 9.17) is 0 Å². The Bertz CT molecular complexity index is 243. The Morgan fingerprint density at radius 2 is 1.86 bits per heavy atom. The molecule has 1 rings (SSSR count). The highest BCUT2D eigenvalue weighted by Gasteiger charge is 2.14. The molecule has 1 aromatic carbocycles. The smallest absolute Gasteiger partial charge is 0.0464 e. The van der Waals surface area contributed by atoms with Gasteiger partial charge in [-0.05, 0) is 23.8 Å². The normalized spacial score (nSPS) is 15.1. The fraction of sp³-hybridized carbons (Fsp3) is 0.538. The summed E-state index contributed by atoms with van der Waals surface area (Å²) < 4.78 is 0. The van der Waals surface area contributed by atoms with E-state index in [-0.39, 0.29) is 0 Å². The van der Waals surface area contributed by atoms with Crippen molar-refractivity contribution < 1.29 is 5.11 Å². The van der Waals surface area contributed by atoms with Crippen LogP contribution in [0.3, 0.4) is 0 Å². The molecule has 0 aromatic heterocycles. The minimum Gasteiger partial charge on any atom is -0.396 e. The van der Waals surface area contributed by atoms with Crippen molar-refractivity contribution in [2.24, 2.45) is 11.8 Å². The summed E-state index contributed by atoms with van der Waals surface area (Å²) in [5.74, 6) is 1.00. The third kappa shape index (κ3) is 3.15. The largest absolute Gasteiger partial charge is 0.396 e. The maximum Gasteiger partial charge on any atom is 0.0464 e. The summed E-state index contributed by atoms with van der Waals surface area (Å²) in [4.78, 5) is 0. The topological polar surface area (TPSA) is 20.2 Å². The summed E-state index contributed by atoms with van der Waals surface area (Å²) in [6.07, 6.45) is 2.13. The van der Waals surface area contributed by atoms with Gasteiger partial charge < -0.3 is 5.11 Å². The molecule has 2 atom stereocenters. The van der Waals surface area contributed by atoms with Crippen LogP contribution < -0.4 is 0 Å². The second-order valence-corrected chi connectivity index (χ2v) is 4.02. The van der Waals surface area contributed by atoms with Crippen LogP contribution in [0.1, 0.15) is 25.8 Å². The highest BCUT2D eigenvalue weighted by atomic mass is 16.3. The Hall–Kier alpha value is -0.820. The zero-order chi connectivity index (χ0) is 10.4. The standard InChI is InChI=1S/C13H20O/c1-3-11(2)13(10-14)9-12-7-5-4-6-8-12/h4-8,11,13-14H,3,9-10H2,1-2H3. The molecular formula is C13H20O. The van der Waals surface area contributed by atoms with Crippen molar-refractivity contribution in [1.82, 2.24) is 0 Å². The van der Waals surface area contributed by atoms with Gasteiger partial charge in [-0.2, -0.15) is 0 Å². The van der Waals surface area contributed by atoms with E-state index in [1.54, 1.807) is 0 Å². The molecule has 0 saturated carbocycles. The van der Waals surface area contributed by atoms with E-state index in [0.29, 0.717) is 18.4 Å². The van der Waals surface area contributed by atoms with E-state index < -0.39 is 0 Å². The van der Waals surface area contributed by atoms with Crippen LogP contribution in [-0.4, -0.2) is 11.7 Å². The molecule has 0 aliphatic rings. The lowest BCUT2D eigenvalue weighted by molar-refractivity contribution is 0.179. The number of benzene rings is 1. The van der Waals surface area contributed by atoms with E-state index in [1.165, 1.54) is 5.56 Å². The average Bonchev–Trinajstić information content (AvgIpc) is 2.26. The molecule has 0 bridgehead atoms. The first-order valence-electron chi connectivity index (χ1n) is 5.42. The molecule has 0 aliphatic heterocycles. The van der Waals surface area contributed by atoms with Crippen LogP contribution in [0.2, 0.25) is 0 Å². The van der Waals surface area contributed by atoms with E-state index in [2.05, 4.69) is 38.1 Å². The van der Waals surface area contributed by atoms with Crippen molar-refractivity contribution in [1.29, 1.82) is 0 Å². The van der Waals surface area contributed by atoms with E-state index >= 15 is 0 Å². The summed E-state index contributed by atoms with van der Waals surface area (Å²) in [6, 6.07) is 10.4. The maximum absolute atomic E-state index is 9.29. The quantitative estimate of drug-likeness (QED) is 0.760. The monoisotopic (exact) mass is 192 g/mol. The lowest BCUT2D eigenvalue weighted by Crippen LogP contribution is -2.18. The maximum atomic E-state index is 9.29. The summed E-state index contributed by atoms with van der Waals surface area (Å²) in [5.41, 5.74) is 1.33. The van der Waals surface area contributed by atoms with Gasteiger partial charge in [0.15, 0.2) is 0 Å². The van der Waals surface area contributed by atoms with Gasteiger partial charge in [-0.1, -0.05) is 50.6 Å². The Balaban J connectivity index is 2.57. The predicted octanol–water partition coefficient (Wildman–Crippen LogP) is 2.88. The van der Waals surface area contributed by atoms with Gasteiger partial charge in [0.25, 0.3) is 0 Å². The van der Waals surface area contributed by atoms with Crippen molar-refractivity contribution in [3.63, 3.8) is 0 Å². The Labute approximate surface area is 86.8 Å². The second-order valence-electron chi connectivity index (χ2n) is 4.02. The third-order valence-electron chi connectivity index (χ3n) is 3.02. The Morgan fingerprint density at radius 1 is 1.21 bits per heavy atom. The molecule has 0 saturated heterocycles. The molecule has 1 nitrogen and oxygen atoms in total. The van der Waals surface area contributed by atoms with Gasteiger partial charge in [-0.25, -0.2) is 0 Å². The van der Waals surface area contributed by atoms with Crippen molar-refractivity contribution in [3.8, 4) is 0 Å². The van der Waals surface area contributed by atoms with Gasteiger partial charge in [0.1, 0.15) is 0 Å². The summed E-state index contributed by atoms with van der Waals surface area (Å²) in [6.45, 7) is 4.69. The second kappa shape index (κ2) is 5.82. The van der Waals surface area contributed by atoms with Crippen LogP contribution in [0, 0.1) is 11.8 Å². The zero-order valence-electron chi connectivity index (χ0n) is 9.11. The molecule has 0 spiro atoms. The number of aliphatic hydroxyl groups is 1. The van der Waals surface area contributed by atoms with Gasteiger partial charge in [0.2, 0.25) is 0 Å². The Kier molecular flexibility index (Phi) is 4.68. The first kappa shape index (κ1) is 11.3. The fourth-order valence-electron chi connectivity index (χ4n) is 1.70. The minimum atomic E-state index is 0.296. The third-order valence-corrected chi connectivity index (χ3v) is 3.02. The fourth-order valence-corrected chi connectivity index (χ4v) is 1.70. The average molecular weight is 192 g/mol. The van der Waals surface area contributed by atoms with Crippen molar-refractivity contribution >= 4 is 0 Å². The summed E-state index contributed by atoms with van der Waals surface area (Å²) in [7, 11) is 0. The lowest BCUT2D eigenvalue weighted by Gasteiger charge is -2.20. The van der Waals surface area contributed by atoms with Gasteiger partial charge in [-0.3, -0.25) is 0 Å². The van der Waals surface area contributed by atoms with E-state index in [9.17, 15) is 5.11 Å². The molecule has 1 N–H and O–H groups in total. The highest BCUT2D eigenvalue weighted by molar-refractivity contribution is 5.15.